The second kappa shape index (κ2) is 8.82. The van der Waals surface area contributed by atoms with E-state index in [4.69, 9.17) is 4.42 Å². The van der Waals surface area contributed by atoms with Gasteiger partial charge >= 0.3 is 0 Å². The summed E-state index contributed by atoms with van der Waals surface area (Å²) in [6, 6.07) is 9.85. The Bertz CT molecular complexity index is 607. The number of pyridine rings is 1. The predicted molar refractivity (Wildman–Crippen MR) is 93.8 cm³/mol. The Labute approximate surface area is 137 Å². The molecule has 0 unspecified atom stereocenters. The van der Waals surface area contributed by atoms with E-state index >= 15 is 0 Å². The first-order valence-corrected chi connectivity index (χ1v) is 7.87. The molecule has 0 fully saturated rings. The minimum absolute atomic E-state index is 0.539. The Balaban J connectivity index is 1.91. The van der Waals surface area contributed by atoms with Gasteiger partial charge in [0.15, 0.2) is 5.96 Å². The van der Waals surface area contributed by atoms with Crippen molar-refractivity contribution < 1.29 is 4.42 Å². The van der Waals surface area contributed by atoms with Gasteiger partial charge in [-0.2, -0.15) is 0 Å². The molecule has 0 bridgehead atoms. The molecule has 0 aliphatic carbocycles. The summed E-state index contributed by atoms with van der Waals surface area (Å²) in [5, 5.41) is 6.55. The molecule has 0 amide bonds. The van der Waals surface area contributed by atoms with E-state index in [2.05, 4.69) is 27.5 Å². The lowest BCUT2D eigenvalue weighted by molar-refractivity contribution is 0.507. The zero-order valence-electron chi connectivity index (χ0n) is 14.0. The van der Waals surface area contributed by atoms with E-state index in [-0.39, 0.29) is 0 Å². The lowest BCUT2D eigenvalue weighted by atomic mass is 10.3. The van der Waals surface area contributed by atoms with Gasteiger partial charge in [-0.05, 0) is 31.2 Å². The minimum Gasteiger partial charge on any atom is -0.469 e. The van der Waals surface area contributed by atoms with Crippen LogP contribution in [-0.2, 0) is 13.0 Å². The maximum absolute atomic E-state index is 5.33. The van der Waals surface area contributed by atoms with Gasteiger partial charge in [-0.15, -0.1) is 0 Å². The van der Waals surface area contributed by atoms with Gasteiger partial charge in [-0.25, -0.2) is 9.98 Å². The van der Waals surface area contributed by atoms with Gasteiger partial charge in [0, 0.05) is 33.6 Å². The molecular formula is C17H25N5O. The first kappa shape index (κ1) is 16.9. The molecule has 0 spiro atoms. The number of aromatic nitrogens is 1. The van der Waals surface area contributed by atoms with Crippen LogP contribution in [0.15, 0.2) is 46.0 Å². The van der Waals surface area contributed by atoms with E-state index < -0.39 is 0 Å². The van der Waals surface area contributed by atoms with E-state index in [1.807, 2.05) is 49.3 Å². The zero-order chi connectivity index (χ0) is 16.5. The smallest absolute Gasteiger partial charge is 0.191 e. The van der Waals surface area contributed by atoms with Crippen LogP contribution in [0.4, 0.5) is 5.82 Å². The average molecular weight is 315 g/mol. The molecular weight excluding hydrogens is 290 g/mol. The van der Waals surface area contributed by atoms with Gasteiger partial charge in [-0.3, -0.25) is 0 Å². The molecule has 0 aromatic carbocycles. The normalized spacial score (nSPS) is 11.3. The topological polar surface area (TPSA) is 65.7 Å². The third-order valence-electron chi connectivity index (χ3n) is 3.24. The first-order valence-electron chi connectivity index (χ1n) is 7.87. The van der Waals surface area contributed by atoms with Crippen molar-refractivity contribution in [2.75, 3.05) is 32.1 Å². The van der Waals surface area contributed by atoms with Crippen LogP contribution in [0.5, 0.6) is 0 Å². The third kappa shape index (κ3) is 5.65. The largest absolute Gasteiger partial charge is 0.469 e. The summed E-state index contributed by atoms with van der Waals surface area (Å²) in [6.07, 6.45) is 2.52. The number of hydrogen-bond donors (Lipinski definition) is 2. The number of rotatable bonds is 7. The fraction of sp³-hybridized carbons (Fsp3) is 0.412. The molecule has 6 heteroatoms. The number of nitrogens with zero attached hydrogens (tertiary/aromatic N) is 3. The van der Waals surface area contributed by atoms with Crippen molar-refractivity contribution in [3.8, 4) is 0 Å². The average Bonchev–Trinajstić information content (AvgIpc) is 3.06. The maximum Gasteiger partial charge on any atom is 0.191 e. The summed E-state index contributed by atoms with van der Waals surface area (Å²) in [6.45, 7) is 4.18. The number of hydrogen-bond acceptors (Lipinski definition) is 4. The number of anilines is 1. The summed E-state index contributed by atoms with van der Waals surface area (Å²) < 4.78 is 5.33. The molecule has 0 atom stereocenters. The lowest BCUT2D eigenvalue weighted by Crippen LogP contribution is -2.38. The molecule has 0 aliphatic heterocycles. The van der Waals surface area contributed by atoms with Crippen molar-refractivity contribution in [3.05, 3.63) is 48.0 Å². The number of guanidine groups is 1. The maximum atomic E-state index is 5.33. The number of furan rings is 1. The van der Waals surface area contributed by atoms with Crippen LogP contribution in [0.25, 0.3) is 0 Å². The summed E-state index contributed by atoms with van der Waals surface area (Å²) in [7, 11) is 3.96. The number of aliphatic imine (C=N–C) groups is 1. The molecule has 2 rings (SSSR count). The standard InChI is InChI=1S/C17H25N5O/c1-4-18-17(19-11-10-15-8-6-12-23-15)20-13-14-7-5-9-16(21-14)22(2)3/h5-9,12H,4,10-11,13H2,1-3H3,(H2,18,19,20). The highest BCUT2D eigenvalue weighted by Crippen LogP contribution is 2.08. The number of nitrogens with one attached hydrogen (secondary N) is 2. The fourth-order valence-electron chi connectivity index (χ4n) is 2.06. The third-order valence-corrected chi connectivity index (χ3v) is 3.24. The molecule has 0 saturated carbocycles. The SMILES string of the molecule is CCNC(=NCc1cccc(N(C)C)n1)NCCc1ccco1. The zero-order valence-corrected chi connectivity index (χ0v) is 14.0. The van der Waals surface area contributed by atoms with Crippen molar-refractivity contribution in [1.29, 1.82) is 0 Å². The van der Waals surface area contributed by atoms with E-state index in [0.717, 1.165) is 42.7 Å². The lowest BCUT2D eigenvalue weighted by Gasteiger charge is -2.13. The van der Waals surface area contributed by atoms with Crippen LogP contribution in [-0.4, -0.2) is 38.1 Å². The van der Waals surface area contributed by atoms with Crippen molar-refractivity contribution >= 4 is 11.8 Å². The molecule has 2 aromatic heterocycles. The van der Waals surface area contributed by atoms with E-state index in [0.29, 0.717) is 6.54 Å². The van der Waals surface area contributed by atoms with Crippen LogP contribution in [0, 0.1) is 0 Å². The monoisotopic (exact) mass is 315 g/mol. The molecule has 2 N–H and O–H groups in total. The molecule has 0 aliphatic rings. The minimum atomic E-state index is 0.539. The van der Waals surface area contributed by atoms with Gasteiger partial charge in [0.2, 0.25) is 0 Å². The van der Waals surface area contributed by atoms with Gasteiger partial charge in [0.05, 0.1) is 18.5 Å². The molecule has 124 valence electrons. The van der Waals surface area contributed by atoms with Gasteiger partial charge < -0.3 is 20.0 Å². The van der Waals surface area contributed by atoms with Crippen LogP contribution >= 0.6 is 0 Å². The van der Waals surface area contributed by atoms with Crippen LogP contribution in [0.1, 0.15) is 18.4 Å². The fourth-order valence-corrected chi connectivity index (χ4v) is 2.06. The highest BCUT2D eigenvalue weighted by molar-refractivity contribution is 5.79. The first-order chi connectivity index (χ1) is 11.2. The summed E-state index contributed by atoms with van der Waals surface area (Å²) in [5.74, 6) is 2.69. The second-order valence-corrected chi connectivity index (χ2v) is 5.33. The summed E-state index contributed by atoms with van der Waals surface area (Å²) in [5.41, 5.74) is 0.944. The van der Waals surface area contributed by atoms with Crippen molar-refractivity contribution in [2.24, 2.45) is 4.99 Å². The molecule has 2 heterocycles. The Morgan fingerprint density at radius 3 is 2.78 bits per heavy atom. The van der Waals surface area contributed by atoms with E-state index in [9.17, 15) is 0 Å². The van der Waals surface area contributed by atoms with Crippen LogP contribution in [0.3, 0.4) is 0 Å². The Morgan fingerprint density at radius 2 is 2.09 bits per heavy atom. The molecule has 0 radical (unpaired) electrons. The Morgan fingerprint density at radius 1 is 1.22 bits per heavy atom. The van der Waals surface area contributed by atoms with E-state index in [1.165, 1.54) is 0 Å². The molecule has 2 aromatic rings. The Kier molecular flexibility index (Phi) is 6.47. The molecule has 23 heavy (non-hydrogen) atoms. The highest BCUT2D eigenvalue weighted by Gasteiger charge is 2.02. The van der Waals surface area contributed by atoms with Gasteiger partial charge in [0.25, 0.3) is 0 Å². The highest BCUT2D eigenvalue weighted by atomic mass is 16.3. The predicted octanol–water partition coefficient (Wildman–Crippen LogP) is 2.04. The Hall–Kier alpha value is -2.50. The van der Waals surface area contributed by atoms with Crippen molar-refractivity contribution in [3.63, 3.8) is 0 Å². The summed E-state index contributed by atoms with van der Waals surface area (Å²) in [4.78, 5) is 11.1. The van der Waals surface area contributed by atoms with Gasteiger partial charge in [0.1, 0.15) is 11.6 Å². The molecule has 0 saturated heterocycles. The van der Waals surface area contributed by atoms with Crippen molar-refractivity contribution in [1.82, 2.24) is 15.6 Å². The van der Waals surface area contributed by atoms with Crippen LogP contribution < -0.4 is 15.5 Å². The van der Waals surface area contributed by atoms with E-state index in [1.54, 1.807) is 6.26 Å². The second-order valence-electron chi connectivity index (χ2n) is 5.33. The van der Waals surface area contributed by atoms with Crippen molar-refractivity contribution in [2.45, 2.75) is 19.9 Å². The summed E-state index contributed by atoms with van der Waals surface area (Å²) >= 11 is 0. The van der Waals surface area contributed by atoms with Crippen LogP contribution in [0.2, 0.25) is 0 Å². The van der Waals surface area contributed by atoms with Gasteiger partial charge in [-0.1, -0.05) is 6.07 Å². The molecule has 6 nitrogen and oxygen atoms in total. The quantitative estimate of drug-likeness (QED) is 0.604.